The Morgan fingerprint density at radius 3 is 2.50 bits per heavy atom. The van der Waals surface area contributed by atoms with Crippen LogP contribution < -0.4 is 5.32 Å². The van der Waals surface area contributed by atoms with Gasteiger partial charge >= 0.3 is 0 Å². The second-order valence-corrected chi connectivity index (χ2v) is 5.01. The molecule has 2 nitrogen and oxygen atoms in total. The Kier molecular flexibility index (Phi) is 4.51. The number of carbonyl (C=O) groups is 1. The molecule has 104 valence electrons. The fourth-order valence-electron chi connectivity index (χ4n) is 2.03. The Hall–Kier alpha value is -2.16. The van der Waals surface area contributed by atoms with Crippen molar-refractivity contribution in [2.24, 2.45) is 0 Å². The van der Waals surface area contributed by atoms with Crippen LogP contribution in [0, 0.1) is 19.7 Å². The second-order valence-electron chi connectivity index (χ2n) is 5.01. The van der Waals surface area contributed by atoms with Crippen molar-refractivity contribution in [2.45, 2.75) is 26.8 Å². The molecule has 0 saturated heterocycles. The summed E-state index contributed by atoms with van der Waals surface area (Å²) in [5.74, 6) is -0.293. The van der Waals surface area contributed by atoms with Gasteiger partial charge in [0.25, 0.3) is 0 Å². The molecule has 20 heavy (non-hydrogen) atoms. The van der Waals surface area contributed by atoms with Crippen molar-refractivity contribution in [2.75, 3.05) is 0 Å². The second kappa shape index (κ2) is 6.33. The van der Waals surface area contributed by atoms with Crippen LogP contribution >= 0.6 is 0 Å². The van der Waals surface area contributed by atoms with Crippen molar-refractivity contribution in [3.8, 4) is 0 Å². The van der Waals surface area contributed by atoms with Crippen molar-refractivity contribution in [3.63, 3.8) is 0 Å². The van der Waals surface area contributed by atoms with E-state index in [2.05, 4.69) is 5.32 Å². The quantitative estimate of drug-likeness (QED) is 0.908. The minimum atomic E-state index is -0.268. The molecule has 0 spiro atoms. The van der Waals surface area contributed by atoms with Crippen LogP contribution in [0.25, 0.3) is 0 Å². The molecule has 0 aliphatic rings. The number of hydrogen-bond donors (Lipinski definition) is 1. The lowest BCUT2D eigenvalue weighted by molar-refractivity contribution is -0.120. The van der Waals surface area contributed by atoms with Crippen LogP contribution in [-0.4, -0.2) is 5.91 Å². The van der Waals surface area contributed by atoms with Crippen molar-refractivity contribution < 1.29 is 9.18 Å². The summed E-state index contributed by atoms with van der Waals surface area (Å²) < 4.78 is 12.8. The molecule has 3 heteroatoms. The van der Waals surface area contributed by atoms with E-state index in [0.29, 0.717) is 13.0 Å². The van der Waals surface area contributed by atoms with Crippen molar-refractivity contribution in [1.29, 1.82) is 0 Å². The summed E-state index contributed by atoms with van der Waals surface area (Å²) in [5.41, 5.74) is 4.20. The number of benzene rings is 2. The highest BCUT2D eigenvalue weighted by Crippen LogP contribution is 2.11. The number of halogens is 1. The van der Waals surface area contributed by atoms with Gasteiger partial charge in [0.2, 0.25) is 5.91 Å². The topological polar surface area (TPSA) is 29.1 Å². The normalized spacial score (nSPS) is 10.3. The molecule has 0 bridgehead atoms. The summed E-state index contributed by atoms with van der Waals surface area (Å²) in [6.45, 7) is 4.44. The molecule has 2 aromatic carbocycles. The number of aryl methyl sites for hydroxylation is 2. The van der Waals surface area contributed by atoms with Crippen molar-refractivity contribution in [1.82, 2.24) is 5.32 Å². The standard InChI is InChI=1S/C17H18FNO/c1-12-3-4-13(2)15(9-12)10-17(20)19-11-14-5-7-16(18)8-6-14/h3-9H,10-11H2,1-2H3,(H,19,20). The Balaban J connectivity index is 1.92. The molecule has 0 aliphatic carbocycles. The van der Waals surface area contributed by atoms with E-state index in [1.807, 2.05) is 32.0 Å². The maximum absolute atomic E-state index is 12.8. The van der Waals surface area contributed by atoms with Gasteiger partial charge < -0.3 is 5.32 Å². The summed E-state index contributed by atoms with van der Waals surface area (Å²) in [7, 11) is 0. The van der Waals surface area contributed by atoms with Gasteiger partial charge in [-0.15, -0.1) is 0 Å². The summed E-state index contributed by atoms with van der Waals surface area (Å²) in [4.78, 5) is 11.9. The molecule has 0 saturated carbocycles. The SMILES string of the molecule is Cc1ccc(C)c(CC(=O)NCc2ccc(F)cc2)c1. The maximum atomic E-state index is 12.8. The van der Waals surface area contributed by atoms with Crippen LogP contribution in [0.3, 0.4) is 0 Å². The molecular formula is C17H18FNO. The minimum absolute atomic E-state index is 0.0250. The molecule has 2 rings (SSSR count). The van der Waals surface area contributed by atoms with E-state index in [-0.39, 0.29) is 11.7 Å². The first-order chi connectivity index (χ1) is 9.54. The lowest BCUT2D eigenvalue weighted by Gasteiger charge is -2.08. The molecule has 0 aliphatic heterocycles. The molecule has 0 heterocycles. The van der Waals surface area contributed by atoms with E-state index in [9.17, 15) is 9.18 Å². The van der Waals surface area contributed by atoms with Gasteiger partial charge in [-0.25, -0.2) is 4.39 Å². The summed E-state index contributed by atoms with van der Waals surface area (Å²) in [6, 6.07) is 12.2. The third-order valence-electron chi connectivity index (χ3n) is 3.26. The smallest absolute Gasteiger partial charge is 0.224 e. The lowest BCUT2D eigenvalue weighted by atomic mass is 10.0. The van der Waals surface area contributed by atoms with E-state index in [1.165, 1.54) is 12.1 Å². The highest BCUT2D eigenvalue weighted by atomic mass is 19.1. The Bertz CT molecular complexity index is 605. The van der Waals surface area contributed by atoms with Crippen molar-refractivity contribution in [3.05, 3.63) is 70.5 Å². The Morgan fingerprint density at radius 2 is 1.80 bits per heavy atom. The molecule has 1 amide bonds. The number of carbonyl (C=O) groups excluding carboxylic acids is 1. The number of amides is 1. The van der Waals surface area contributed by atoms with Gasteiger partial charge in [0.1, 0.15) is 5.82 Å². The molecule has 0 atom stereocenters. The van der Waals surface area contributed by atoms with Crippen LogP contribution in [0.4, 0.5) is 4.39 Å². The lowest BCUT2D eigenvalue weighted by Crippen LogP contribution is -2.24. The van der Waals surface area contributed by atoms with E-state index in [1.54, 1.807) is 12.1 Å². The average Bonchev–Trinajstić information content (AvgIpc) is 2.42. The zero-order valence-corrected chi connectivity index (χ0v) is 11.7. The van der Waals surface area contributed by atoms with Gasteiger partial charge in [0.15, 0.2) is 0 Å². The zero-order chi connectivity index (χ0) is 14.5. The predicted octanol–water partition coefficient (Wildman–Crippen LogP) is 3.30. The van der Waals surface area contributed by atoms with E-state index < -0.39 is 0 Å². The fraction of sp³-hybridized carbons (Fsp3) is 0.235. The number of nitrogens with one attached hydrogen (secondary N) is 1. The van der Waals surface area contributed by atoms with Gasteiger partial charge in [-0.05, 0) is 42.7 Å². The Labute approximate surface area is 118 Å². The molecule has 0 radical (unpaired) electrons. The first-order valence-electron chi connectivity index (χ1n) is 6.62. The van der Waals surface area contributed by atoms with Gasteiger partial charge in [-0.1, -0.05) is 35.9 Å². The highest BCUT2D eigenvalue weighted by molar-refractivity contribution is 5.79. The van der Waals surface area contributed by atoms with Gasteiger partial charge in [-0.3, -0.25) is 4.79 Å². The summed E-state index contributed by atoms with van der Waals surface area (Å²) in [5, 5.41) is 2.85. The largest absolute Gasteiger partial charge is 0.352 e. The average molecular weight is 271 g/mol. The summed E-state index contributed by atoms with van der Waals surface area (Å²) in [6.07, 6.45) is 0.370. The third kappa shape index (κ3) is 3.92. The monoisotopic (exact) mass is 271 g/mol. The van der Waals surface area contributed by atoms with Gasteiger partial charge in [0, 0.05) is 6.54 Å². The third-order valence-corrected chi connectivity index (χ3v) is 3.26. The van der Waals surface area contributed by atoms with Crippen molar-refractivity contribution >= 4 is 5.91 Å². The van der Waals surface area contributed by atoms with E-state index >= 15 is 0 Å². The van der Waals surface area contributed by atoms with E-state index in [0.717, 1.165) is 22.3 Å². The van der Waals surface area contributed by atoms with Crippen LogP contribution in [0.2, 0.25) is 0 Å². The first kappa shape index (κ1) is 14.3. The maximum Gasteiger partial charge on any atom is 0.224 e. The fourth-order valence-corrected chi connectivity index (χ4v) is 2.03. The van der Waals surface area contributed by atoms with Gasteiger partial charge in [-0.2, -0.15) is 0 Å². The molecule has 0 fully saturated rings. The molecule has 1 N–H and O–H groups in total. The zero-order valence-electron chi connectivity index (χ0n) is 11.7. The minimum Gasteiger partial charge on any atom is -0.352 e. The first-order valence-corrected chi connectivity index (χ1v) is 6.62. The van der Waals surface area contributed by atoms with Crippen LogP contribution in [0.1, 0.15) is 22.3 Å². The highest BCUT2D eigenvalue weighted by Gasteiger charge is 2.06. The molecule has 0 unspecified atom stereocenters. The Morgan fingerprint density at radius 1 is 1.10 bits per heavy atom. The number of rotatable bonds is 4. The number of hydrogen-bond acceptors (Lipinski definition) is 1. The molecule has 2 aromatic rings. The molecular weight excluding hydrogens is 253 g/mol. The molecule has 0 aromatic heterocycles. The predicted molar refractivity (Wildman–Crippen MR) is 77.9 cm³/mol. The van der Waals surface area contributed by atoms with Gasteiger partial charge in [0.05, 0.1) is 6.42 Å². The van der Waals surface area contributed by atoms with Crippen LogP contribution in [0.15, 0.2) is 42.5 Å². The van der Waals surface area contributed by atoms with Crippen LogP contribution in [0.5, 0.6) is 0 Å². The summed E-state index contributed by atoms with van der Waals surface area (Å²) >= 11 is 0. The van der Waals surface area contributed by atoms with E-state index in [4.69, 9.17) is 0 Å². The van der Waals surface area contributed by atoms with Crippen LogP contribution in [-0.2, 0) is 17.8 Å².